The standard InChI is InChI=1S/C58H35N3S/c1-3-16-36(17-4-1)56-57(37-18-5-2-6-19-37)61-52-33-39(30-31-51(52)60-56)38-20-15-21-40(32-38)55-45-35-54-49(34-44(45)43-24-9-13-28-50(43)59-55)58(48-27-12-14-29-53(48)62-54)46-25-10-7-22-41(46)42-23-8-11-26-47(42)58/h1-35H. The lowest BCUT2D eigenvalue weighted by atomic mass is 9.67. The molecule has 9 aromatic carbocycles. The van der Waals surface area contributed by atoms with E-state index in [1.165, 1.54) is 48.6 Å². The normalized spacial score (nSPS) is 13.2. The average Bonchev–Trinajstić information content (AvgIpc) is 3.64. The smallest absolute Gasteiger partial charge is 0.0973 e. The van der Waals surface area contributed by atoms with Crippen LogP contribution in [0.2, 0.25) is 0 Å². The van der Waals surface area contributed by atoms with E-state index in [1.54, 1.807) is 0 Å². The first-order chi connectivity index (χ1) is 30.7. The van der Waals surface area contributed by atoms with Gasteiger partial charge in [0.25, 0.3) is 0 Å². The highest BCUT2D eigenvalue weighted by Gasteiger charge is 2.50. The van der Waals surface area contributed by atoms with Crippen molar-refractivity contribution in [3.63, 3.8) is 0 Å². The van der Waals surface area contributed by atoms with Crippen molar-refractivity contribution in [1.29, 1.82) is 0 Å². The molecule has 3 nitrogen and oxygen atoms in total. The number of pyridine rings is 1. The summed E-state index contributed by atoms with van der Waals surface area (Å²) in [7, 11) is 0. The predicted octanol–water partition coefficient (Wildman–Crippen LogP) is 14.8. The molecule has 2 aromatic heterocycles. The second-order valence-corrected chi connectivity index (χ2v) is 17.3. The number of benzene rings is 9. The Balaban J connectivity index is 1.01. The number of hydrogen-bond donors (Lipinski definition) is 0. The zero-order valence-corrected chi connectivity index (χ0v) is 34.3. The third-order valence-electron chi connectivity index (χ3n) is 12.9. The lowest BCUT2D eigenvalue weighted by Crippen LogP contribution is -2.32. The molecule has 0 saturated carbocycles. The van der Waals surface area contributed by atoms with Gasteiger partial charge in [-0.1, -0.05) is 182 Å². The van der Waals surface area contributed by atoms with Crippen molar-refractivity contribution in [3.8, 4) is 56.0 Å². The molecule has 4 heteroatoms. The van der Waals surface area contributed by atoms with Crippen LogP contribution in [0.15, 0.2) is 222 Å². The zero-order valence-electron chi connectivity index (χ0n) is 33.5. The molecule has 0 fully saturated rings. The van der Waals surface area contributed by atoms with Crippen LogP contribution in [0.5, 0.6) is 0 Å². The third kappa shape index (κ3) is 5.17. The molecule has 62 heavy (non-hydrogen) atoms. The average molecular weight is 806 g/mol. The van der Waals surface area contributed by atoms with E-state index in [4.69, 9.17) is 15.0 Å². The summed E-state index contributed by atoms with van der Waals surface area (Å²) in [6, 6.07) is 76.6. The van der Waals surface area contributed by atoms with E-state index in [1.807, 2.05) is 23.9 Å². The van der Waals surface area contributed by atoms with Crippen LogP contribution in [0, 0.1) is 0 Å². The second kappa shape index (κ2) is 13.7. The Morgan fingerprint density at radius 3 is 1.60 bits per heavy atom. The molecule has 1 aliphatic heterocycles. The molecule has 0 bridgehead atoms. The van der Waals surface area contributed by atoms with E-state index in [9.17, 15) is 0 Å². The summed E-state index contributed by atoms with van der Waals surface area (Å²) in [4.78, 5) is 18.5. The maximum atomic E-state index is 5.46. The zero-order chi connectivity index (χ0) is 40.8. The Morgan fingerprint density at radius 1 is 0.290 bits per heavy atom. The van der Waals surface area contributed by atoms with Crippen LogP contribution in [-0.4, -0.2) is 15.0 Å². The van der Waals surface area contributed by atoms with Gasteiger partial charge in [0, 0.05) is 37.3 Å². The van der Waals surface area contributed by atoms with Gasteiger partial charge in [-0.2, -0.15) is 0 Å². The van der Waals surface area contributed by atoms with E-state index in [-0.39, 0.29) is 0 Å². The highest BCUT2D eigenvalue weighted by atomic mass is 32.2. The van der Waals surface area contributed by atoms with Crippen LogP contribution in [0.3, 0.4) is 0 Å². The predicted molar refractivity (Wildman–Crippen MR) is 256 cm³/mol. The molecule has 2 aliphatic rings. The lowest BCUT2D eigenvalue weighted by Gasteiger charge is -2.40. The van der Waals surface area contributed by atoms with Gasteiger partial charge in [-0.05, 0) is 92.4 Å². The van der Waals surface area contributed by atoms with Crippen LogP contribution in [0.4, 0.5) is 0 Å². The molecule has 0 amide bonds. The van der Waals surface area contributed by atoms with E-state index in [2.05, 4.69) is 200 Å². The van der Waals surface area contributed by atoms with Gasteiger partial charge in [0.2, 0.25) is 0 Å². The van der Waals surface area contributed by atoms with Crippen molar-refractivity contribution in [2.24, 2.45) is 0 Å². The first-order valence-electron chi connectivity index (χ1n) is 21.1. The molecular weight excluding hydrogens is 771 g/mol. The fourth-order valence-electron chi connectivity index (χ4n) is 10.2. The summed E-state index contributed by atoms with van der Waals surface area (Å²) < 4.78 is 0. The van der Waals surface area contributed by atoms with Crippen molar-refractivity contribution in [2.45, 2.75) is 15.2 Å². The Bertz CT molecular complexity index is 3570. The van der Waals surface area contributed by atoms with Crippen LogP contribution in [-0.2, 0) is 5.41 Å². The summed E-state index contributed by atoms with van der Waals surface area (Å²) in [5, 5.41) is 3.51. The van der Waals surface area contributed by atoms with E-state index in [0.29, 0.717) is 0 Å². The quantitative estimate of drug-likeness (QED) is 0.166. The van der Waals surface area contributed by atoms with Gasteiger partial charge in [0.15, 0.2) is 0 Å². The molecule has 288 valence electrons. The first kappa shape index (κ1) is 35.1. The van der Waals surface area contributed by atoms with Gasteiger partial charge in [-0.25, -0.2) is 15.0 Å². The van der Waals surface area contributed by atoms with Crippen molar-refractivity contribution in [2.75, 3.05) is 0 Å². The number of fused-ring (bicyclic) bond motifs is 13. The molecule has 0 N–H and O–H groups in total. The summed E-state index contributed by atoms with van der Waals surface area (Å²) in [5.74, 6) is 0. The van der Waals surface area contributed by atoms with Gasteiger partial charge < -0.3 is 0 Å². The van der Waals surface area contributed by atoms with E-state index in [0.717, 1.165) is 72.2 Å². The Hall–Kier alpha value is -7.66. The maximum absolute atomic E-state index is 5.46. The summed E-state index contributed by atoms with van der Waals surface area (Å²) in [6.45, 7) is 0. The Kier molecular flexibility index (Phi) is 7.75. The van der Waals surface area contributed by atoms with Crippen LogP contribution in [0.1, 0.15) is 22.3 Å². The van der Waals surface area contributed by atoms with E-state index >= 15 is 0 Å². The van der Waals surface area contributed by atoms with Crippen LogP contribution < -0.4 is 0 Å². The van der Waals surface area contributed by atoms with Crippen molar-refractivity contribution in [3.05, 3.63) is 235 Å². The number of aromatic nitrogens is 3. The third-order valence-corrected chi connectivity index (χ3v) is 14.0. The number of hydrogen-bond acceptors (Lipinski definition) is 4. The monoisotopic (exact) mass is 805 g/mol. The van der Waals surface area contributed by atoms with Gasteiger partial charge in [0.1, 0.15) is 0 Å². The Morgan fingerprint density at radius 2 is 0.855 bits per heavy atom. The number of rotatable bonds is 4. The minimum absolute atomic E-state index is 0.454. The van der Waals surface area contributed by atoms with Gasteiger partial charge in [-0.15, -0.1) is 0 Å². The molecule has 0 atom stereocenters. The topological polar surface area (TPSA) is 38.7 Å². The molecule has 11 aromatic rings. The SMILES string of the molecule is c1ccc(-c2nc3ccc(-c4cccc(-c5nc6ccccc6c6cc7c(cc56)Sc5ccccc5C75c6ccccc6-c6ccccc65)c4)cc3nc2-c2ccccc2)cc1. The second-order valence-electron chi connectivity index (χ2n) is 16.2. The van der Waals surface area contributed by atoms with Crippen LogP contribution in [0.25, 0.3) is 88.7 Å². The van der Waals surface area contributed by atoms with Gasteiger partial charge in [0.05, 0.1) is 39.0 Å². The first-order valence-corrected chi connectivity index (χ1v) is 21.9. The van der Waals surface area contributed by atoms with Crippen LogP contribution >= 0.6 is 11.8 Å². The molecule has 0 saturated heterocycles. The number of para-hydroxylation sites is 1. The fraction of sp³-hybridized carbons (Fsp3) is 0.0172. The summed E-state index contributed by atoms with van der Waals surface area (Å²) in [5.41, 5.74) is 18.3. The molecule has 0 unspecified atom stereocenters. The van der Waals surface area contributed by atoms with Gasteiger partial charge >= 0.3 is 0 Å². The van der Waals surface area contributed by atoms with Crippen molar-refractivity contribution in [1.82, 2.24) is 15.0 Å². The molecular formula is C58H35N3S. The lowest BCUT2D eigenvalue weighted by molar-refractivity contribution is 0.724. The summed E-state index contributed by atoms with van der Waals surface area (Å²) >= 11 is 1.88. The largest absolute Gasteiger partial charge is 0.247 e. The highest BCUT2D eigenvalue weighted by molar-refractivity contribution is 7.99. The van der Waals surface area contributed by atoms with E-state index < -0.39 is 5.41 Å². The van der Waals surface area contributed by atoms with Gasteiger partial charge in [-0.3, -0.25) is 0 Å². The fourth-order valence-corrected chi connectivity index (χ4v) is 11.4. The molecule has 1 aliphatic carbocycles. The molecule has 3 heterocycles. The molecule has 1 spiro atoms. The number of nitrogens with zero attached hydrogens (tertiary/aromatic N) is 3. The Labute approximate surface area is 363 Å². The minimum Gasteiger partial charge on any atom is -0.247 e. The van der Waals surface area contributed by atoms with Crippen molar-refractivity contribution < 1.29 is 0 Å². The summed E-state index contributed by atoms with van der Waals surface area (Å²) in [6.07, 6.45) is 0. The molecule has 13 rings (SSSR count). The van der Waals surface area contributed by atoms with Crippen molar-refractivity contribution >= 4 is 44.5 Å². The minimum atomic E-state index is -0.454. The highest BCUT2D eigenvalue weighted by Crippen LogP contribution is 2.62. The molecule has 0 radical (unpaired) electrons. The maximum Gasteiger partial charge on any atom is 0.0973 e.